The molecule has 14 nitrogen and oxygen atoms in total. The summed E-state index contributed by atoms with van der Waals surface area (Å²) in [6.45, 7) is 15.4. The summed E-state index contributed by atoms with van der Waals surface area (Å²) in [5, 5.41) is 16.2. The van der Waals surface area contributed by atoms with Gasteiger partial charge in [-0.05, 0) is 62.3 Å². The lowest BCUT2D eigenvalue weighted by atomic mass is 10.1. The summed E-state index contributed by atoms with van der Waals surface area (Å²) in [7, 11) is 0. The van der Waals surface area contributed by atoms with Crippen molar-refractivity contribution in [2.75, 3.05) is 0 Å². The lowest BCUT2D eigenvalue weighted by Crippen LogP contribution is -2.57. The van der Waals surface area contributed by atoms with E-state index in [0.29, 0.717) is 0 Å². The largest absolute Gasteiger partial charge is 0.480 e. The molecule has 0 aromatic heterocycles. The van der Waals surface area contributed by atoms with Crippen LogP contribution in [0, 0.1) is 0 Å². The minimum absolute atomic E-state index is 0.597. The van der Waals surface area contributed by atoms with E-state index in [9.17, 15) is 38.7 Å². The summed E-state index contributed by atoms with van der Waals surface area (Å²) in [5.41, 5.74) is -2.74. The third kappa shape index (κ3) is 17.0. The van der Waals surface area contributed by atoms with Gasteiger partial charge in [-0.1, -0.05) is 0 Å². The van der Waals surface area contributed by atoms with E-state index in [4.69, 9.17) is 14.2 Å². The van der Waals surface area contributed by atoms with E-state index in [1.165, 1.54) is 0 Å². The van der Waals surface area contributed by atoms with Crippen molar-refractivity contribution in [3.05, 3.63) is 0 Å². The van der Waals surface area contributed by atoms with Crippen LogP contribution < -0.4 is 16.0 Å². The first kappa shape index (κ1) is 36.3. The van der Waals surface area contributed by atoms with Gasteiger partial charge < -0.3 is 35.3 Å². The summed E-state index contributed by atoms with van der Waals surface area (Å²) < 4.78 is 15.5. The molecule has 0 heterocycles. The number of esters is 3. The van der Waals surface area contributed by atoms with E-state index in [2.05, 4.69) is 16.0 Å². The molecule has 0 fully saturated rings. The Morgan fingerprint density at radius 3 is 1.10 bits per heavy atom. The van der Waals surface area contributed by atoms with Crippen LogP contribution in [0.3, 0.4) is 0 Å². The average Bonchev–Trinajstić information content (AvgIpc) is 2.67. The molecule has 0 aliphatic rings. The van der Waals surface area contributed by atoms with E-state index in [-0.39, 0.29) is 0 Å². The van der Waals surface area contributed by atoms with Crippen LogP contribution in [-0.4, -0.2) is 81.6 Å². The first-order valence-corrected chi connectivity index (χ1v) is 12.6. The Labute approximate surface area is 234 Å². The maximum atomic E-state index is 13.1. The van der Waals surface area contributed by atoms with Crippen LogP contribution in [0.25, 0.3) is 0 Å². The number of rotatable bonds is 12. The number of carbonyl (C=O) groups is 7. The van der Waals surface area contributed by atoms with Crippen LogP contribution in [-0.2, 0) is 47.8 Å². The van der Waals surface area contributed by atoms with Crippen LogP contribution in [0.1, 0.15) is 88.5 Å². The Balaban J connectivity index is 5.98. The van der Waals surface area contributed by atoms with Crippen molar-refractivity contribution in [3.63, 3.8) is 0 Å². The molecule has 14 heteroatoms. The number of ether oxygens (including phenoxy) is 3. The number of aliphatic carboxylic acids is 1. The number of hydrogen-bond donors (Lipinski definition) is 4. The predicted octanol–water partition coefficient (Wildman–Crippen LogP) is 0.741. The highest BCUT2D eigenvalue weighted by Crippen LogP contribution is 2.13. The zero-order chi connectivity index (χ0) is 31.6. The Kier molecular flexibility index (Phi) is 13.3. The Morgan fingerprint density at radius 2 is 0.825 bits per heavy atom. The fourth-order valence-electron chi connectivity index (χ4n) is 3.06. The molecule has 0 aliphatic carbocycles. The first-order valence-electron chi connectivity index (χ1n) is 12.6. The van der Waals surface area contributed by atoms with Gasteiger partial charge in [-0.3, -0.25) is 28.8 Å². The van der Waals surface area contributed by atoms with E-state index in [1.807, 2.05) is 0 Å². The molecule has 0 aromatic rings. The third-order valence-corrected chi connectivity index (χ3v) is 4.31. The molecule has 0 rings (SSSR count). The SMILES string of the molecule is CC(=O)N[C@@H](CC(=O)OC(C)(C)C)C(=O)N[C@@H](CC(=O)OC(C)(C)C)C(=O)N[C@@H](CC(=O)OC(C)(C)C)C(=O)O. The van der Waals surface area contributed by atoms with Crippen LogP contribution >= 0.6 is 0 Å². The molecule has 4 N–H and O–H groups in total. The predicted molar refractivity (Wildman–Crippen MR) is 140 cm³/mol. The second kappa shape index (κ2) is 14.6. The summed E-state index contributed by atoms with van der Waals surface area (Å²) in [6, 6.07) is -4.94. The van der Waals surface area contributed by atoms with Crippen molar-refractivity contribution in [3.8, 4) is 0 Å². The normalized spacial score (nSPS) is 14.1. The lowest BCUT2D eigenvalue weighted by Gasteiger charge is -2.26. The molecule has 0 aliphatic heterocycles. The van der Waals surface area contributed by atoms with Crippen LogP contribution in [0.2, 0.25) is 0 Å². The Morgan fingerprint density at radius 1 is 0.550 bits per heavy atom. The molecule has 0 saturated heterocycles. The van der Waals surface area contributed by atoms with Crippen molar-refractivity contribution in [1.29, 1.82) is 0 Å². The number of amides is 3. The van der Waals surface area contributed by atoms with E-state index in [0.717, 1.165) is 6.92 Å². The quantitative estimate of drug-likeness (QED) is 0.189. The smallest absolute Gasteiger partial charge is 0.326 e. The van der Waals surface area contributed by atoms with Gasteiger partial charge in [0.15, 0.2) is 0 Å². The first-order chi connectivity index (χ1) is 17.9. The van der Waals surface area contributed by atoms with Crippen LogP contribution in [0.15, 0.2) is 0 Å². The number of carboxylic acids is 1. The van der Waals surface area contributed by atoms with Crippen LogP contribution in [0.4, 0.5) is 0 Å². The fraction of sp³-hybridized carbons (Fsp3) is 0.731. The topological polar surface area (TPSA) is 203 Å². The highest BCUT2D eigenvalue weighted by atomic mass is 16.6. The third-order valence-electron chi connectivity index (χ3n) is 4.31. The van der Waals surface area contributed by atoms with E-state index >= 15 is 0 Å². The van der Waals surface area contributed by atoms with Crippen molar-refractivity contribution in [2.24, 2.45) is 0 Å². The number of carboxylic acid groups (broad SMARTS) is 1. The fourth-order valence-corrected chi connectivity index (χ4v) is 3.06. The Bertz CT molecular complexity index is 972. The van der Waals surface area contributed by atoms with Gasteiger partial charge in [-0.25, -0.2) is 4.79 Å². The molecule has 0 spiro atoms. The number of carbonyl (C=O) groups excluding carboxylic acids is 6. The van der Waals surface area contributed by atoms with Crippen LogP contribution in [0.5, 0.6) is 0 Å². The Hall–Kier alpha value is -3.71. The summed E-state index contributed by atoms with van der Waals surface area (Å²) >= 11 is 0. The van der Waals surface area contributed by atoms with E-state index in [1.54, 1.807) is 62.3 Å². The lowest BCUT2D eigenvalue weighted by molar-refractivity contribution is -0.160. The van der Waals surface area contributed by atoms with Gasteiger partial charge in [0, 0.05) is 6.92 Å². The van der Waals surface area contributed by atoms with Crippen molar-refractivity contribution in [2.45, 2.75) is 123 Å². The zero-order valence-corrected chi connectivity index (χ0v) is 24.9. The molecule has 3 amide bonds. The summed E-state index contributed by atoms with van der Waals surface area (Å²) in [6.07, 6.45) is -2.06. The molecule has 3 atom stereocenters. The maximum Gasteiger partial charge on any atom is 0.326 e. The van der Waals surface area contributed by atoms with Gasteiger partial charge in [0.25, 0.3) is 0 Å². The second-order valence-electron chi connectivity index (χ2n) is 12.1. The van der Waals surface area contributed by atoms with Crippen molar-refractivity contribution >= 4 is 41.6 Å². The second-order valence-corrected chi connectivity index (χ2v) is 12.1. The van der Waals surface area contributed by atoms with Gasteiger partial charge in [-0.2, -0.15) is 0 Å². The number of hydrogen-bond acceptors (Lipinski definition) is 10. The summed E-state index contributed by atoms with van der Waals surface area (Å²) in [4.78, 5) is 86.6. The molecular formula is C26H43N3O11. The van der Waals surface area contributed by atoms with E-state index < -0.39 is 95.8 Å². The standard InChI is InChI=1S/C26H43N3O11/c1-14(30)27-15(11-18(31)38-24(2,3)4)21(34)28-16(12-19(32)39-25(5,6)7)22(35)29-17(23(36)37)13-20(33)40-26(8,9)10/h15-17H,11-13H2,1-10H3,(H,27,30)(H,28,34)(H,29,35)(H,36,37)/t15-,16-,17-/m0/s1. The van der Waals surface area contributed by atoms with Gasteiger partial charge >= 0.3 is 23.9 Å². The average molecular weight is 574 g/mol. The molecular weight excluding hydrogens is 530 g/mol. The van der Waals surface area contributed by atoms with Crippen molar-refractivity contribution < 1.29 is 52.9 Å². The van der Waals surface area contributed by atoms with Gasteiger partial charge in [0.2, 0.25) is 17.7 Å². The molecule has 40 heavy (non-hydrogen) atoms. The molecule has 228 valence electrons. The zero-order valence-electron chi connectivity index (χ0n) is 24.9. The molecule has 0 radical (unpaired) electrons. The minimum Gasteiger partial charge on any atom is -0.480 e. The van der Waals surface area contributed by atoms with Gasteiger partial charge in [0.05, 0.1) is 19.3 Å². The molecule has 0 unspecified atom stereocenters. The summed E-state index contributed by atoms with van der Waals surface area (Å²) in [5.74, 6) is -7.02. The molecule has 0 aromatic carbocycles. The molecule has 0 bridgehead atoms. The monoisotopic (exact) mass is 573 g/mol. The molecule has 0 saturated carbocycles. The van der Waals surface area contributed by atoms with Gasteiger partial charge in [0.1, 0.15) is 34.9 Å². The maximum absolute atomic E-state index is 13.1. The van der Waals surface area contributed by atoms with Gasteiger partial charge in [-0.15, -0.1) is 0 Å². The minimum atomic E-state index is -1.76. The number of nitrogens with one attached hydrogen (secondary N) is 3. The van der Waals surface area contributed by atoms with Crippen molar-refractivity contribution in [1.82, 2.24) is 16.0 Å². The highest BCUT2D eigenvalue weighted by Gasteiger charge is 2.34. The highest BCUT2D eigenvalue weighted by molar-refractivity contribution is 5.97.